The van der Waals surface area contributed by atoms with Crippen molar-refractivity contribution in [1.29, 1.82) is 0 Å². The Labute approximate surface area is 94.6 Å². The molecule has 1 N–H and O–H groups in total. The molecule has 0 aliphatic rings. The first-order chi connectivity index (χ1) is 7.63. The van der Waals surface area contributed by atoms with Crippen LogP contribution in [-0.4, -0.2) is 19.1 Å². The number of benzene rings is 1. The Morgan fingerprint density at radius 1 is 1.38 bits per heavy atom. The molecule has 1 atom stereocenters. The Morgan fingerprint density at radius 3 is 2.75 bits per heavy atom. The molecule has 1 aromatic rings. The monoisotopic (exact) mass is 229 g/mol. The van der Waals surface area contributed by atoms with Gasteiger partial charge in [0.05, 0.1) is 12.6 Å². The van der Waals surface area contributed by atoms with Gasteiger partial charge in [-0.1, -0.05) is 13.0 Å². The SMILES string of the molecule is CCCOc1cccc(NC(C)C(F)F)c1. The van der Waals surface area contributed by atoms with Crippen LogP contribution >= 0.6 is 0 Å². The summed E-state index contributed by atoms with van der Waals surface area (Å²) >= 11 is 0. The van der Waals surface area contributed by atoms with E-state index < -0.39 is 12.5 Å². The smallest absolute Gasteiger partial charge is 0.258 e. The first-order valence-corrected chi connectivity index (χ1v) is 5.41. The quantitative estimate of drug-likeness (QED) is 0.805. The van der Waals surface area contributed by atoms with Gasteiger partial charge >= 0.3 is 0 Å². The number of hydrogen-bond acceptors (Lipinski definition) is 2. The van der Waals surface area contributed by atoms with Gasteiger partial charge in [0.15, 0.2) is 0 Å². The number of anilines is 1. The Bertz CT molecular complexity index is 318. The molecule has 0 aliphatic heterocycles. The predicted octanol–water partition coefficient (Wildman–Crippen LogP) is 3.54. The maximum Gasteiger partial charge on any atom is 0.258 e. The van der Waals surface area contributed by atoms with Crippen LogP contribution in [-0.2, 0) is 0 Å². The molecule has 0 bridgehead atoms. The molecule has 90 valence electrons. The highest BCUT2D eigenvalue weighted by atomic mass is 19.3. The Hall–Kier alpha value is -1.32. The zero-order valence-electron chi connectivity index (χ0n) is 9.54. The van der Waals surface area contributed by atoms with Gasteiger partial charge in [-0.3, -0.25) is 0 Å². The van der Waals surface area contributed by atoms with Crippen LogP contribution in [0.5, 0.6) is 5.75 Å². The lowest BCUT2D eigenvalue weighted by Crippen LogP contribution is -2.23. The maximum atomic E-state index is 12.3. The highest BCUT2D eigenvalue weighted by Crippen LogP contribution is 2.19. The van der Waals surface area contributed by atoms with Crippen LogP contribution in [0.1, 0.15) is 20.3 Å². The lowest BCUT2D eigenvalue weighted by Gasteiger charge is -2.15. The summed E-state index contributed by atoms with van der Waals surface area (Å²) in [5.41, 5.74) is 0.654. The predicted molar refractivity (Wildman–Crippen MR) is 61.3 cm³/mol. The van der Waals surface area contributed by atoms with E-state index in [1.165, 1.54) is 6.92 Å². The number of alkyl halides is 2. The molecule has 4 heteroatoms. The van der Waals surface area contributed by atoms with E-state index in [-0.39, 0.29) is 0 Å². The summed E-state index contributed by atoms with van der Waals surface area (Å²) in [6, 6.07) is 6.22. The summed E-state index contributed by atoms with van der Waals surface area (Å²) in [7, 11) is 0. The second-order valence-corrected chi connectivity index (χ2v) is 3.64. The highest BCUT2D eigenvalue weighted by Gasteiger charge is 2.13. The molecule has 1 rings (SSSR count). The van der Waals surface area contributed by atoms with Crippen molar-refractivity contribution in [3.63, 3.8) is 0 Å². The van der Waals surface area contributed by atoms with E-state index in [1.54, 1.807) is 18.2 Å². The summed E-state index contributed by atoms with van der Waals surface area (Å²) in [6.45, 7) is 4.10. The molecule has 0 heterocycles. The highest BCUT2D eigenvalue weighted by molar-refractivity contribution is 5.48. The van der Waals surface area contributed by atoms with E-state index in [2.05, 4.69) is 5.32 Å². The fourth-order valence-corrected chi connectivity index (χ4v) is 1.22. The van der Waals surface area contributed by atoms with E-state index >= 15 is 0 Å². The third-order valence-corrected chi connectivity index (χ3v) is 2.08. The molecule has 0 spiro atoms. The van der Waals surface area contributed by atoms with Gasteiger partial charge in [0.25, 0.3) is 6.43 Å². The zero-order chi connectivity index (χ0) is 12.0. The molecule has 0 aliphatic carbocycles. The van der Waals surface area contributed by atoms with Gasteiger partial charge in [0.1, 0.15) is 5.75 Å². The van der Waals surface area contributed by atoms with Crippen LogP contribution in [0, 0.1) is 0 Å². The van der Waals surface area contributed by atoms with Gasteiger partial charge in [-0.15, -0.1) is 0 Å². The van der Waals surface area contributed by atoms with Gasteiger partial charge in [0.2, 0.25) is 0 Å². The topological polar surface area (TPSA) is 21.3 Å². The lowest BCUT2D eigenvalue weighted by atomic mass is 10.2. The molecule has 1 aromatic carbocycles. The molecule has 0 aromatic heterocycles. The Balaban J connectivity index is 2.59. The van der Waals surface area contributed by atoms with Crippen LogP contribution < -0.4 is 10.1 Å². The van der Waals surface area contributed by atoms with Crippen molar-refractivity contribution in [3.05, 3.63) is 24.3 Å². The second-order valence-electron chi connectivity index (χ2n) is 3.64. The van der Waals surface area contributed by atoms with Crippen molar-refractivity contribution in [2.24, 2.45) is 0 Å². The number of nitrogens with one attached hydrogen (secondary N) is 1. The van der Waals surface area contributed by atoms with Gasteiger partial charge in [-0.05, 0) is 25.5 Å². The van der Waals surface area contributed by atoms with Crippen molar-refractivity contribution >= 4 is 5.69 Å². The minimum atomic E-state index is -2.37. The van der Waals surface area contributed by atoms with Crippen molar-refractivity contribution in [1.82, 2.24) is 0 Å². The minimum Gasteiger partial charge on any atom is -0.494 e. The van der Waals surface area contributed by atoms with Crippen molar-refractivity contribution in [2.45, 2.75) is 32.7 Å². The normalized spacial score (nSPS) is 12.6. The van der Waals surface area contributed by atoms with Gasteiger partial charge in [0, 0.05) is 11.8 Å². The molecule has 0 saturated carbocycles. The molecule has 1 unspecified atom stereocenters. The van der Waals surface area contributed by atoms with E-state index in [0.717, 1.165) is 6.42 Å². The molecule has 0 saturated heterocycles. The van der Waals surface area contributed by atoms with Crippen LogP contribution in [0.3, 0.4) is 0 Å². The average molecular weight is 229 g/mol. The van der Waals surface area contributed by atoms with Crippen LogP contribution in [0.15, 0.2) is 24.3 Å². The van der Waals surface area contributed by atoms with E-state index in [1.807, 2.05) is 13.0 Å². The van der Waals surface area contributed by atoms with Crippen molar-refractivity contribution in [3.8, 4) is 5.75 Å². The molecular formula is C12H17F2NO. The number of halogens is 2. The molecule has 0 amide bonds. The van der Waals surface area contributed by atoms with Crippen molar-refractivity contribution < 1.29 is 13.5 Å². The fourth-order valence-electron chi connectivity index (χ4n) is 1.22. The third kappa shape index (κ3) is 4.04. The Morgan fingerprint density at radius 2 is 2.12 bits per heavy atom. The molecule has 0 radical (unpaired) electrons. The minimum absolute atomic E-state index is 0.633. The van der Waals surface area contributed by atoms with Crippen LogP contribution in [0.2, 0.25) is 0 Å². The van der Waals surface area contributed by atoms with E-state index in [9.17, 15) is 8.78 Å². The number of ether oxygens (including phenoxy) is 1. The third-order valence-electron chi connectivity index (χ3n) is 2.08. The van der Waals surface area contributed by atoms with Gasteiger partial charge in [-0.25, -0.2) is 8.78 Å². The maximum absolute atomic E-state index is 12.3. The Kier molecular flexibility index (Phi) is 5.02. The molecular weight excluding hydrogens is 212 g/mol. The summed E-state index contributed by atoms with van der Waals surface area (Å²) in [5.74, 6) is 0.702. The van der Waals surface area contributed by atoms with E-state index in [4.69, 9.17) is 4.74 Å². The van der Waals surface area contributed by atoms with Gasteiger partial charge in [-0.2, -0.15) is 0 Å². The fraction of sp³-hybridized carbons (Fsp3) is 0.500. The summed E-state index contributed by atoms with van der Waals surface area (Å²) < 4.78 is 30.1. The largest absolute Gasteiger partial charge is 0.494 e. The summed E-state index contributed by atoms with van der Waals surface area (Å²) in [5, 5.41) is 2.73. The second kappa shape index (κ2) is 6.30. The first-order valence-electron chi connectivity index (χ1n) is 5.41. The van der Waals surface area contributed by atoms with Crippen molar-refractivity contribution in [2.75, 3.05) is 11.9 Å². The zero-order valence-corrected chi connectivity index (χ0v) is 9.54. The summed E-state index contributed by atoms with van der Waals surface area (Å²) in [4.78, 5) is 0. The standard InChI is InChI=1S/C12H17F2NO/c1-3-7-16-11-6-4-5-10(8-11)15-9(2)12(13)14/h4-6,8-9,12,15H,3,7H2,1-2H3. The first kappa shape index (κ1) is 12.7. The molecule has 16 heavy (non-hydrogen) atoms. The number of hydrogen-bond donors (Lipinski definition) is 1. The van der Waals surface area contributed by atoms with E-state index in [0.29, 0.717) is 18.0 Å². The average Bonchev–Trinajstić information content (AvgIpc) is 2.26. The van der Waals surface area contributed by atoms with Crippen LogP contribution in [0.25, 0.3) is 0 Å². The lowest BCUT2D eigenvalue weighted by molar-refractivity contribution is 0.130. The van der Waals surface area contributed by atoms with Crippen LogP contribution in [0.4, 0.5) is 14.5 Å². The number of rotatable bonds is 6. The molecule has 2 nitrogen and oxygen atoms in total. The summed E-state index contributed by atoms with van der Waals surface area (Å²) in [6.07, 6.45) is -1.45. The van der Waals surface area contributed by atoms with Gasteiger partial charge < -0.3 is 10.1 Å². The molecule has 0 fully saturated rings.